The fraction of sp³-hybridized carbons (Fsp3) is 0.250. The molecule has 0 aliphatic rings. The Labute approximate surface area is 137 Å². The fourth-order valence-corrected chi connectivity index (χ4v) is 2.56. The fourth-order valence-electron chi connectivity index (χ4n) is 1.94. The Kier molecular flexibility index (Phi) is 5.46. The number of nitrogens with one attached hydrogen (secondary N) is 2. The number of anilines is 2. The van der Waals surface area contributed by atoms with E-state index in [1.54, 1.807) is 19.2 Å². The first-order chi connectivity index (χ1) is 10.9. The van der Waals surface area contributed by atoms with Crippen molar-refractivity contribution in [3.8, 4) is 5.75 Å². The molecule has 124 valence electrons. The number of hydrogen-bond acceptors (Lipinski definition) is 4. The van der Waals surface area contributed by atoms with Crippen molar-refractivity contribution in [3.05, 3.63) is 54.1 Å². The molecule has 2 aromatic carbocycles. The van der Waals surface area contributed by atoms with Crippen molar-refractivity contribution in [2.75, 3.05) is 31.2 Å². The molecule has 0 radical (unpaired) electrons. The van der Waals surface area contributed by atoms with Crippen molar-refractivity contribution < 1.29 is 13.2 Å². The molecule has 7 heteroatoms. The van der Waals surface area contributed by atoms with Gasteiger partial charge in [-0.15, -0.1) is 0 Å². The molecule has 2 aromatic rings. The van der Waals surface area contributed by atoms with Crippen LogP contribution in [0.25, 0.3) is 0 Å². The van der Waals surface area contributed by atoms with Crippen molar-refractivity contribution in [3.63, 3.8) is 0 Å². The van der Waals surface area contributed by atoms with Crippen molar-refractivity contribution >= 4 is 21.6 Å². The van der Waals surface area contributed by atoms with E-state index in [2.05, 4.69) is 10.0 Å². The van der Waals surface area contributed by atoms with E-state index in [0.29, 0.717) is 12.2 Å². The van der Waals surface area contributed by atoms with Crippen LogP contribution in [0.4, 0.5) is 11.4 Å². The lowest BCUT2D eigenvalue weighted by Crippen LogP contribution is -2.28. The van der Waals surface area contributed by atoms with Crippen LogP contribution < -0.4 is 14.8 Å². The van der Waals surface area contributed by atoms with Gasteiger partial charge in [0.2, 0.25) is 0 Å². The van der Waals surface area contributed by atoms with E-state index >= 15 is 0 Å². The molecule has 0 aromatic heterocycles. The number of para-hydroxylation sites is 1. The van der Waals surface area contributed by atoms with Gasteiger partial charge in [-0.05, 0) is 30.3 Å². The predicted octanol–water partition coefficient (Wildman–Crippen LogP) is 2.53. The number of ether oxygens (including phenoxy) is 1. The first-order valence-electron chi connectivity index (χ1n) is 7.08. The molecule has 0 heterocycles. The standard InChI is InChI=1S/C16H21N3O3S/c1-19(2)23(20,21)18-15-10-8-14(9-11-15)17-12-13-6-4-5-7-16(13)22-3/h4-11,17-18H,12H2,1-3H3. The molecule has 0 spiro atoms. The van der Waals surface area contributed by atoms with E-state index in [9.17, 15) is 8.42 Å². The summed E-state index contributed by atoms with van der Waals surface area (Å²) < 4.78 is 32.4. The average molecular weight is 335 g/mol. The molecular formula is C16H21N3O3S. The summed E-state index contributed by atoms with van der Waals surface area (Å²) in [6, 6.07) is 14.9. The second kappa shape index (κ2) is 7.34. The van der Waals surface area contributed by atoms with Crippen LogP contribution in [0.1, 0.15) is 5.56 Å². The van der Waals surface area contributed by atoms with Crippen LogP contribution in [-0.4, -0.2) is 33.9 Å². The maximum Gasteiger partial charge on any atom is 0.301 e. The molecule has 0 fully saturated rings. The Morgan fingerprint density at radius 1 is 1.00 bits per heavy atom. The highest BCUT2D eigenvalue weighted by Crippen LogP contribution is 2.20. The third-order valence-corrected chi connectivity index (χ3v) is 4.74. The van der Waals surface area contributed by atoms with Gasteiger partial charge in [-0.1, -0.05) is 18.2 Å². The van der Waals surface area contributed by atoms with E-state index in [-0.39, 0.29) is 0 Å². The monoisotopic (exact) mass is 335 g/mol. The smallest absolute Gasteiger partial charge is 0.301 e. The molecule has 0 atom stereocenters. The van der Waals surface area contributed by atoms with Crippen molar-refractivity contribution in [1.29, 1.82) is 0 Å². The SMILES string of the molecule is COc1ccccc1CNc1ccc(NS(=O)(=O)N(C)C)cc1. The van der Waals surface area contributed by atoms with Gasteiger partial charge < -0.3 is 10.1 Å². The quantitative estimate of drug-likeness (QED) is 0.816. The minimum absolute atomic E-state index is 0.515. The van der Waals surface area contributed by atoms with Crippen LogP contribution >= 0.6 is 0 Å². The molecule has 0 amide bonds. The minimum Gasteiger partial charge on any atom is -0.496 e. The van der Waals surface area contributed by atoms with Crippen molar-refractivity contribution in [2.45, 2.75) is 6.54 Å². The van der Waals surface area contributed by atoms with Crippen LogP contribution in [0.2, 0.25) is 0 Å². The topological polar surface area (TPSA) is 70.7 Å². The number of nitrogens with zero attached hydrogens (tertiary/aromatic N) is 1. The lowest BCUT2D eigenvalue weighted by molar-refractivity contribution is 0.410. The van der Waals surface area contributed by atoms with Crippen LogP contribution in [0.15, 0.2) is 48.5 Å². The zero-order valence-corrected chi connectivity index (χ0v) is 14.2. The Hall–Kier alpha value is -2.25. The Balaban J connectivity index is 2.00. The Bertz CT molecular complexity index is 743. The van der Waals surface area contributed by atoms with Gasteiger partial charge in [0.15, 0.2) is 0 Å². The summed E-state index contributed by atoms with van der Waals surface area (Å²) in [5, 5.41) is 3.28. The third-order valence-electron chi connectivity index (χ3n) is 3.29. The molecule has 0 bridgehead atoms. The molecule has 2 rings (SSSR count). The second-order valence-electron chi connectivity index (χ2n) is 5.13. The molecule has 23 heavy (non-hydrogen) atoms. The first-order valence-corrected chi connectivity index (χ1v) is 8.52. The molecule has 6 nitrogen and oxygen atoms in total. The third kappa shape index (κ3) is 4.61. The molecule has 0 aliphatic heterocycles. The Morgan fingerprint density at radius 2 is 1.61 bits per heavy atom. The summed E-state index contributed by atoms with van der Waals surface area (Å²) in [7, 11) is 1.12. The molecule has 0 aliphatic carbocycles. The van der Waals surface area contributed by atoms with Gasteiger partial charge in [-0.2, -0.15) is 12.7 Å². The summed E-state index contributed by atoms with van der Waals surface area (Å²) in [6.45, 7) is 0.618. The van der Waals surface area contributed by atoms with Gasteiger partial charge in [-0.25, -0.2) is 0 Å². The van der Waals surface area contributed by atoms with E-state index in [0.717, 1.165) is 21.3 Å². The highest BCUT2D eigenvalue weighted by atomic mass is 32.2. The van der Waals surface area contributed by atoms with E-state index in [1.807, 2.05) is 36.4 Å². The van der Waals surface area contributed by atoms with Gasteiger partial charge in [0.1, 0.15) is 5.75 Å². The van der Waals surface area contributed by atoms with Crippen LogP contribution in [0.5, 0.6) is 5.75 Å². The lowest BCUT2D eigenvalue weighted by Gasteiger charge is -2.14. The minimum atomic E-state index is -3.48. The van der Waals surface area contributed by atoms with Gasteiger partial charge >= 0.3 is 10.2 Å². The normalized spacial score (nSPS) is 11.3. The first kappa shape index (κ1) is 17.1. The largest absolute Gasteiger partial charge is 0.496 e. The van der Waals surface area contributed by atoms with Crippen LogP contribution in [0, 0.1) is 0 Å². The number of methoxy groups -OCH3 is 1. The highest BCUT2D eigenvalue weighted by Gasteiger charge is 2.12. The summed E-state index contributed by atoms with van der Waals surface area (Å²) in [5.41, 5.74) is 2.46. The van der Waals surface area contributed by atoms with E-state index in [1.165, 1.54) is 14.1 Å². The van der Waals surface area contributed by atoms with Gasteiger partial charge in [-0.3, -0.25) is 4.72 Å². The summed E-state index contributed by atoms with van der Waals surface area (Å²) in [4.78, 5) is 0. The molecule has 2 N–H and O–H groups in total. The number of hydrogen-bond donors (Lipinski definition) is 2. The van der Waals surface area contributed by atoms with Crippen molar-refractivity contribution in [1.82, 2.24) is 4.31 Å². The molecule has 0 unspecified atom stereocenters. The predicted molar refractivity (Wildman–Crippen MR) is 93.0 cm³/mol. The van der Waals surface area contributed by atoms with E-state index < -0.39 is 10.2 Å². The van der Waals surface area contributed by atoms with Gasteiger partial charge in [0, 0.05) is 37.6 Å². The summed E-state index contributed by atoms with van der Waals surface area (Å²) in [6.07, 6.45) is 0. The lowest BCUT2D eigenvalue weighted by atomic mass is 10.2. The summed E-state index contributed by atoms with van der Waals surface area (Å²) >= 11 is 0. The van der Waals surface area contributed by atoms with Gasteiger partial charge in [0.05, 0.1) is 7.11 Å². The molecular weight excluding hydrogens is 314 g/mol. The second-order valence-corrected chi connectivity index (χ2v) is 7.02. The molecule has 0 saturated carbocycles. The average Bonchev–Trinajstić information content (AvgIpc) is 2.54. The van der Waals surface area contributed by atoms with E-state index in [4.69, 9.17) is 4.74 Å². The van der Waals surface area contributed by atoms with Crippen molar-refractivity contribution in [2.24, 2.45) is 0 Å². The number of benzene rings is 2. The molecule has 0 saturated heterocycles. The zero-order chi connectivity index (χ0) is 16.9. The zero-order valence-electron chi connectivity index (χ0n) is 13.4. The maximum absolute atomic E-state index is 11.8. The summed E-state index contributed by atoms with van der Waals surface area (Å²) in [5.74, 6) is 0.829. The Morgan fingerprint density at radius 3 is 2.22 bits per heavy atom. The van der Waals surface area contributed by atoms with Gasteiger partial charge in [0.25, 0.3) is 0 Å². The van der Waals surface area contributed by atoms with Crippen LogP contribution in [-0.2, 0) is 16.8 Å². The number of rotatable bonds is 7. The maximum atomic E-state index is 11.8. The van der Waals surface area contributed by atoms with Crippen LogP contribution in [0.3, 0.4) is 0 Å². The highest BCUT2D eigenvalue weighted by molar-refractivity contribution is 7.90.